The summed E-state index contributed by atoms with van der Waals surface area (Å²) in [5, 5.41) is 12.5. The Morgan fingerprint density at radius 3 is 2.50 bits per heavy atom. The molecule has 12 heavy (non-hydrogen) atoms. The Hall–Kier alpha value is -0.0800. The van der Waals surface area contributed by atoms with Crippen LogP contribution in [0.15, 0.2) is 0 Å². The van der Waals surface area contributed by atoms with Gasteiger partial charge in [-0.2, -0.15) is 0 Å². The SMILES string of the molecule is CC1CCC(NC[C@@H](C)O)C1C. The molecule has 3 unspecified atom stereocenters. The van der Waals surface area contributed by atoms with Crippen LogP contribution in [0.2, 0.25) is 0 Å². The molecule has 1 fully saturated rings. The molecule has 0 aromatic heterocycles. The quantitative estimate of drug-likeness (QED) is 0.672. The maximum Gasteiger partial charge on any atom is 0.0636 e. The van der Waals surface area contributed by atoms with E-state index in [-0.39, 0.29) is 6.10 Å². The lowest BCUT2D eigenvalue weighted by Crippen LogP contribution is -2.36. The van der Waals surface area contributed by atoms with Gasteiger partial charge in [0.25, 0.3) is 0 Å². The summed E-state index contributed by atoms with van der Waals surface area (Å²) >= 11 is 0. The third kappa shape index (κ3) is 2.46. The molecule has 0 aromatic rings. The monoisotopic (exact) mass is 171 g/mol. The lowest BCUT2D eigenvalue weighted by atomic mass is 9.98. The first-order valence-electron chi connectivity index (χ1n) is 5.02. The standard InChI is InChI=1S/C10H21NO/c1-7-4-5-10(9(7)3)11-6-8(2)12/h7-12H,4-6H2,1-3H3/t7?,8-,9?,10?/m1/s1. The Morgan fingerprint density at radius 1 is 1.42 bits per heavy atom. The van der Waals surface area contributed by atoms with E-state index in [1.165, 1.54) is 12.8 Å². The van der Waals surface area contributed by atoms with Crippen molar-refractivity contribution in [1.29, 1.82) is 0 Å². The van der Waals surface area contributed by atoms with Gasteiger partial charge >= 0.3 is 0 Å². The van der Waals surface area contributed by atoms with Gasteiger partial charge in [-0.3, -0.25) is 0 Å². The summed E-state index contributed by atoms with van der Waals surface area (Å²) in [6.07, 6.45) is 2.39. The molecule has 0 aliphatic heterocycles. The topological polar surface area (TPSA) is 32.3 Å². The summed E-state index contributed by atoms with van der Waals surface area (Å²) in [6, 6.07) is 0.634. The maximum absolute atomic E-state index is 9.10. The van der Waals surface area contributed by atoms with Gasteiger partial charge in [-0.1, -0.05) is 13.8 Å². The molecular formula is C10H21NO. The minimum atomic E-state index is -0.215. The van der Waals surface area contributed by atoms with Crippen molar-refractivity contribution in [2.45, 2.75) is 45.8 Å². The van der Waals surface area contributed by atoms with Crippen molar-refractivity contribution in [1.82, 2.24) is 5.32 Å². The molecule has 72 valence electrons. The number of aliphatic hydroxyl groups is 1. The molecule has 1 aliphatic rings. The highest BCUT2D eigenvalue weighted by atomic mass is 16.3. The molecule has 2 N–H and O–H groups in total. The summed E-state index contributed by atoms with van der Waals surface area (Å²) in [4.78, 5) is 0. The third-order valence-electron chi connectivity index (χ3n) is 3.14. The van der Waals surface area contributed by atoms with Crippen LogP contribution in [-0.4, -0.2) is 23.8 Å². The number of hydrogen-bond donors (Lipinski definition) is 2. The number of nitrogens with one attached hydrogen (secondary N) is 1. The molecule has 1 saturated carbocycles. The minimum Gasteiger partial charge on any atom is -0.392 e. The zero-order valence-corrected chi connectivity index (χ0v) is 8.38. The van der Waals surface area contributed by atoms with Crippen molar-refractivity contribution in [3.05, 3.63) is 0 Å². The van der Waals surface area contributed by atoms with Crippen LogP contribution in [-0.2, 0) is 0 Å². The highest BCUT2D eigenvalue weighted by Crippen LogP contribution is 2.30. The first-order chi connectivity index (χ1) is 5.61. The Labute approximate surface area is 75.4 Å². The van der Waals surface area contributed by atoms with Gasteiger partial charge in [0.2, 0.25) is 0 Å². The summed E-state index contributed by atoms with van der Waals surface area (Å²) in [5.41, 5.74) is 0. The number of aliphatic hydroxyl groups excluding tert-OH is 1. The zero-order valence-electron chi connectivity index (χ0n) is 8.38. The maximum atomic E-state index is 9.10. The fraction of sp³-hybridized carbons (Fsp3) is 1.00. The summed E-state index contributed by atoms with van der Waals surface area (Å²) < 4.78 is 0. The number of hydrogen-bond acceptors (Lipinski definition) is 2. The first-order valence-corrected chi connectivity index (χ1v) is 5.02. The van der Waals surface area contributed by atoms with Crippen LogP contribution in [0.25, 0.3) is 0 Å². The van der Waals surface area contributed by atoms with Crippen molar-refractivity contribution < 1.29 is 5.11 Å². The van der Waals surface area contributed by atoms with Crippen LogP contribution in [0, 0.1) is 11.8 Å². The van der Waals surface area contributed by atoms with Crippen LogP contribution >= 0.6 is 0 Å². The van der Waals surface area contributed by atoms with E-state index in [0.717, 1.165) is 18.4 Å². The molecule has 1 aliphatic carbocycles. The van der Waals surface area contributed by atoms with E-state index in [2.05, 4.69) is 19.2 Å². The molecule has 0 radical (unpaired) electrons. The smallest absolute Gasteiger partial charge is 0.0636 e. The van der Waals surface area contributed by atoms with Crippen LogP contribution in [0.4, 0.5) is 0 Å². The average molecular weight is 171 g/mol. The lowest BCUT2D eigenvalue weighted by Gasteiger charge is -2.20. The van der Waals surface area contributed by atoms with Crippen LogP contribution in [0.3, 0.4) is 0 Å². The highest BCUT2D eigenvalue weighted by molar-refractivity contribution is 4.84. The van der Waals surface area contributed by atoms with E-state index >= 15 is 0 Å². The minimum absolute atomic E-state index is 0.215. The van der Waals surface area contributed by atoms with E-state index in [0.29, 0.717) is 6.04 Å². The van der Waals surface area contributed by atoms with Crippen LogP contribution < -0.4 is 5.32 Å². The summed E-state index contributed by atoms with van der Waals surface area (Å²) in [5.74, 6) is 1.61. The van der Waals surface area contributed by atoms with E-state index in [1.54, 1.807) is 0 Å². The summed E-state index contributed by atoms with van der Waals surface area (Å²) in [7, 11) is 0. The van der Waals surface area contributed by atoms with Gasteiger partial charge in [-0.05, 0) is 31.6 Å². The predicted octanol–water partition coefficient (Wildman–Crippen LogP) is 1.39. The zero-order chi connectivity index (χ0) is 9.14. The molecule has 4 atom stereocenters. The van der Waals surface area contributed by atoms with Crippen molar-refractivity contribution in [2.75, 3.05) is 6.54 Å². The largest absolute Gasteiger partial charge is 0.392 e. The fourth-order valence-corrected chi connectivity index (χ4v) is 1.97. The van der Waals surface area contributed by atoms with Crippen LogP contribution in [0.5, 0.6) is 0 Å². The van der Waals surface area contributed by atoms with Crippen molar-refractivity contribution in [3.8, 4) is 0 Å². The Bertz CT molecular complexity index is 136. The molecule has 0 bridgehead atoms. The fourth-order valence-electron chi connectivity index (χ4n) is 1.97. The van der Waals surface area contributed by atoms with E-state index in [1.807, 2.05) is 6.92 Å². The van der Waals surface area contributed by atoms with E-state index in [9.17, 15) is 0 Å². The molecule has 0 saturated heterocycles. The van der Waals surface area contributed by atoms with Crippen molar-refractivity contribution >= 4 is 0 Å². The molecule has 2 nitrogen and oxygen atoms in total. The number of rotatable bonds is 3. The Balaban J connectivity index is 2.24. The first kappa shape index (κ1) is 10.0. The van der Waals surface area contributed by atoms with Gasteiger partial charge in [-0.25, -0.2) is 0 Å². The van der Waals surface area contributed by atoms with Crippen LogP contribution in [0.1, 0.15) is 33.6 Å². The Morgan fingerprint density at radius 2 is 2.08 bits per heavy atom. The molecule has 0 aromatic carbocycles. The van der Waals surface area contributed by atoms with Gasteiger partial charge < -0.3 is 10.4 Å². The van der Waals surface area contributed by atoms with Gasteiger partial charge in [-0.15, -0.1) is 0 Å². The molecule has 0 amide bonds. The second kappa shape index (κ2) is 4.24. The second-order valence-electron chi connectivity index (χ2n) is 4.28. The molecule has 0 spiro atoms. The highest BCUT2D eigenvalue weighted by Gasteiger charge is 2.29. The van der Waals surface area contributed by atoms with Gasteiger partial charge in [0.1, 0.15) is 0 Å². The van der Waals surface area contributed by atoms with E-state index < -0.39 is 0 Å². The predicted molar refractivity (Wildman–Crippen MR) is 51.0 cm³/mol. The molecule has 1 rings (SSSR count). The van der Waals surface area contributed by atoms with Crippen molar-refractivity contribution in [3.63, 3.8) is 0 Å². The lowest BCUT2D eigenvalue weighted by molar-refractivity contribution is 0.181. The summed E-state index contributed by atoms with van der Waals surface area (Å²) in [6.45, 7) is 7.18. The molecule has 0 heterocycles. The second-order valence-corrected chi connectivity index (χ2v) is 4.28. The third-order valence-corrected chi connectivity index (χ3v) is 3.14. The molecule has 2 heteroatoms. The van der Waals surface area contributed by atoms with Gasteiger partial charge in [0.15, 0.2) is 0 Å². The Kier molecular flexibility index (Phi) is 3.53. The van der Waals surface area contributed by atoms with E-state index in [4.69, 9.17) is 5.11 Å². The van der Waals surface area contributed by atoms with Gasteiger partial charge in [0, 0.05) is 12.6 Å². The normalized spacial score (nSPS) is 38.5. The van der Waals surface area contributed by atoms with Crippen molar-refractivity contribution in [2.24, 2.45) is 11.8 Å². The average Bonchev–Trinajstić information content (AvgIpc) is 2.30. The van der Waals surface area contributed by atoms with Gasteiger partial charge in [0.05, 0.1) is 6.10 Å². The molecular weight excluding hydrogens is 150 g/mol.